The van der Waals surface area contributed by atoms with E-state index in [9.17, 15) is 4.79 Å². The first kappa shape index (κ1) is 19.4. The Hall–Kier alpha value is -2.40. The molecule has 1 heterocycles. The summed E-state index contributed by atoms with van der Waals surface area (Å²) >= 11 is 1.61. The Morgan fingerprint density at radius 3 is 2.89 bits per heavy atom. The van der Waals surface area contributed by atoms with E-state index in [1.54, 1.807) is 18.9 Å². The summed E-state index contributed by atoms with van der Waals surface area (Å²) in [5.74, 6) is 2.21. The summed E-state index contributed by atoms with van der Waals surface area (Å²) in [4.78, 5) is 14.0. The van der Waals surface area contributed by atoms with Gasteiger partial charge in [0, 0.05) is 22.6 Å². The smallest absolute Gasteiger partial charge is 0.252 e. The number of thioether (sulfide) groups is 1. The van der Waals surface area contributed by atoms with Crippen molar-refractivity contribution in [1.82, 2.24) is 5.32 Å². The summed E-state index contributed by atoms with van der Waals surface area (Å²) < 4.78 is 11.4. The Morgan fingerprint density at radius 2 is 2.15 bits per heavy atom. The van der Waals surface area contributed by atoms with Crippen LogP contribution in [0, 0.1) is 0 Å². The van der Waals surface area contributed by atoms with Crippen LogP contribution in [0.15, 0.2) is 60.0 Å². The van der Waals surface area contributed by atoms with E-state index in [2.05, 4.69) is 11.9 Å². The molecule has 1 atom stereocenters. The van der Waals surface area contributed by atoms with Gasteiger partial charge < -0.3 is 14.8 Å². The molecule has 0 aliphatic carbocycles. The predicted molar refractivity (Wildman–Crippen MR) is 110 cm³/mol. The van der Waals surface area contributed by atoms with Crippen LogP contribution in [-0.2, 0) is 0 Å². The van der Waals surface area contributed by atoms with Crippen LogP contribution in [0.4, 0.5) is 0 Å². The van der Waals surface area contributed by atoms with Crippen molar-refractivity contribution in [3.63, 3.8) is 0 Å². The summed E-state index contributed by atoms with van der Waals surface area (Å²) in [6.07, 6.45) is 2.52. The lowest BCUT2D eigenvalue weighted by atomic mass is 9.89. The van der Waals surface area contributed by atoms with Gasteiger partial charge >= 0.3 is 0 Å². The van der Waals surface area contributed by atoms with E-state index < -0.39 is 0 Å². The monoisotopic (exact) mass is 383 g/mol. The van der Waals surface area contributed by atoms with Crippen molar-refractivity contribution in [3.8, 4) is 11.5 Å². The maximum Gasteiger partial charge on any atom is 0.252 e. The summed E-state index contributed by atoms with van der Waals surface area (Å²) in [5, 5.41) is 3.20. The number of methoxy groups -OCH3 is 1. The van der Waals surface area contributed by atoms with Gasteiger partial charge in [-0.2, -0.15) is 0 Å². The Labute approximate surface area is 165 Å². The molecule has 2 aromatic rings. The third kappa shape index (κ3) is 4.48. The molecule has 0 spiro atoms. The highest BCUT2D eigenvalue weighted by atomic mass is 32.2. The van der Waals surface area contributed by atoms with Gasteiger partial charge in [0.25, 0.3) is 5.91 Å². The molecule has 1 N–H and O–H groups in total. The number of carbonyl (C=O) groups is 1. The van der Waals surface area contributed by atoms with Gasteiger partial charge in [0.2, 0.25) is 0 Å². The molecule has 5 heteroatoms. The van der Waals surface area contributed by atoms with Crippen LogP contribution in [0.1, 0.15) is 42.2 Å². The third-order valence-electron chi connectivity index (χ3n) is 4.47. The molecule has 1 unspecified atom stereocenters. The zero-order valence-corrected chi connectivity index (χ0v) is 16.8. The van der Waals surface area contributed by atoms with E-state index in [-0.39, 0.29) is 17.6 Å². The maximum absolute atomic E-state index is 13.0. The van der Waals surface area contributed by atoms with Gasteiger partial charge in [-0.1, -0.05) is 18.2 Å². The molecule has 27 heavy (non-hydrogen) atoms. The zero-order valence-electron chi connectivity index (χ0n) is 16.0. The first-order valence-electron chi connectivity index (χ1n) is 8.94. The molecule has 1 aliphatic rings. The van der Waals surface area contributed by atoms with Crippen LogP contribution in [-0.4, -0.2) is 24.4 Å². The van der Waals surface area contributed by atoms with Crippen molar-refractivity contribution >= 4 is 17.7 Å². The average Bonchev–Trinajstić information content (AvgIpc) is 2.65. The normalized spacial score (nSPS) is 17.4. The lowest BCUT2D eigenvalue weighted by Gasteiger charge is -2.38. The number of nitrogens with one attached hydrogen (secondary N) is 1. The fourth-order valence-corrected chi connectivity index (χ4v) is 4.04. The van der Waals surface area contributed by atoms with E-state index >= 15 is 0 Å². The largest absolute Gasteiger partial charge is 0.497 e. The zero-order chi connectivity index (χ0) is 19.4. The molecule has 3 rings (SSSR count). The molecule has 0 bridgehead atoms. The van der Waals surface area contributed by atoms with Crippen molar-refractivity contribution < 1.29 is 14.3 Å². The molecule has 0 saturated carbocycles. The molecule has 0 fully saturated rings. The van der Waals surface area contributed by atoms with E-state index in [0.717, 1.165) is 27.7 Å². The molecular formula is C22H25NO3S. The van der Waals surface area contributed by atoms with Crippen LogP contribution >= 0.6 is 11.8 Å². The highest BCUT2D eigenvalue weighted by molar-refractivity contribution is 7.99. The quantitative estimate of drug-likeness (QED) is 0.563. The second-order valence-corrected chi connectivity index (χ2v) is 8.15. The third-order valence-corrected chi connectivity index (χ3v) is 5.54. The van der Waals surface area contributed by atoms with E-state index in [0.29, 0.717) is 12.0 Å². The Bertz CT molecular complexity index is 847. The van der Waals surface area contributed by atoms with Gasteiger partial charge in [-0.3, -0.25) is 4.79 Å². The number of rotatable bonds is 6. The van der Waals surface area contributed by atoms with Gasteiger partial charge in [-0.15, -0.1) is 18.3 Å². The number of hydrogen-bond donors (Lipinski definition) is 1. The molecule has 2 aromatic carbocycles. The topological polar surface area (TPSA) is 47.6 Å². The minimum absolute atomic E-state index is 0.0846. The highest BCUT2D eigenvalue weighted by Gasteiger charge is 2.35. The number of hydrogen-bond acceptors (Lipinski definition) is 4. The van der Waals surface area contributed by atoms with Crippen LogP contribution < -0.4 is 14.8 Å². The Morgan fingerprint density at radius 1 is 1.37 bits per heavy atom. The van der Waals surface area contributed by atoms with Gasteiger partial charge in [0.05, 0.1) is 18.7 Å². The molecule has 1 amide bonds. The van der Waals surface area contributed by atoms with Gasteiger partial charge in [-0.25, -0.2) is 0 Å². The Balaban J connectivity index is 1.89. The first-order chi connectivity index (χ1) is 12.9. The van der Waals surface area contributed by atoms with Crippen molar-refractivity contribution in [3.05, 3.63) is 66.2 Å². The fourth-order valence-electron chi connectivity index (χ4n) is 3.25. The maximum atomic E-state index is 13.0. The molecule has 142 valence electrons. The summed E-state index contributed by atoms with van der Waals surface area (Å²) in [6.45, 7) is 7.82. The number of fused-ring (bicyclic) bond motifs is 1. The van der Waals surface area contributed by atoms with Crippen LogP contribution in [0.5, 0.6) is 11.5 Å². The number of benzene rings is 2. The fraction of sp³-hybridized carbons (Fsp3) is 0.318. The van der Waals surface area contributed by atoms with Crippen LogP contribution in [0.25, 0.3) is 0 Å². The van der Waals surface area contributed by atoms with E-state index in [1.165, 1.54) is 0 Å². The standard InChI is InChI=1S/C22H25NO3S/c1-5-12-27-20-9-7-6-8-16(20)21(24)23-18-14-22(2,3)26-19-11-10-15(25-4)13-17(18)19/h5-11,13,18H,1,12,14H2,2-4H3,(H,23,24). The van der Waals surface area contributed by atoms with Gasteiger partial charge in [0.1, 0.15) is 17.1 Å². The van der Waals surface area contributed by atoms with Crippen LogP contribution in [0.3, 0.4) is 0 Å². The highest BCUT2D eigenvalue weighted by Crippen LogP contribution is 2.41. The molecule has 0 radical (unpaired) electrons. The minimum atomic E-state index is -0.364. The summed E-state index contributed by atoms with van der Waals surface area (Å²) in [7, 11) is 1.63. The van der Waals surface area contributed by atoms with E-state index in [1.807, 2.05) is 62.4 Å². The average molecular weight is 384 g/mol. The van der Waals surface area contributed by atoms with Gasteiger partial charge in [-0.05, 0) is 44.2 Å². The van der Waals surface area contributed by atoms with Crippen molar-refractivity contribution in [2.75, 3.05) is 12.9 Å². The molecular weight excluding hydrogens is 358 g/mol. The number of ether oxygens (including phenoxy) is 2. The minimum Gasteiger partial charge on any atom is -0.497 e. The lowest BCUT2D eigenvalue weighted by Crippen LogP contribution is -2.41. The predicted octanol–water partition coefficient (Wildman–Crippen LogP) is 5.01. The second-order valence-electron chi connectivity index (χ2n) is 7.09. The van der Waals surface area contributed by atoms with Crippen molar-refractivity contribution in [2.45, 2.75) is 36.8 Å². The number of amides is 1. The second kappa shape index (κ2) is 8.09. The lowest BCUT2D eigenvalue weighted by molar-refractivity contribution is 0.0617. The molecule has 1 aliphatic heterocycles. The number of carbonyl (C=O) groups excluding carboxylic acids is 1. The molecule has 0 saturated heterocycles. The SMILES string of the molecule is C=CCSc1ccccc1C(=O)NC1CC(C)(C)Oc2ccc(OC)cc21. The molecule has 4 nitrogen and oxygen atoms in total. The van der Waals surface area contributed by atoms with E-state index in [4.69, 9.17) is 9.47 Å². The Kier molecular flexibility index (Phi) is 5.80. The van der Waals surface area contributed by atoms with Crippen molar-refractivity contribution in [2.24, 2.45) is 0 Å². The summed E-state index contributed by atoms with van der Waals surface area (Å²) in [5.41, 5.74) is 1.26. The molecule has 0 aromatic heterocycles. The summed E-state index contributed by atoms with van der Waals surface area (Å²) in [6, 6.07) is 13.2. The first-order valence-corrected chi connectivity index (χ1v) is 9.92. The van der Waals surface area contributed by atoms with Crippen molar-refractivity contribution in [1.29, 1.82) is 0 Å². The van der Waals surface area contributed by atoms with Gasteiger partial charge in [0.15, 0.2) is 0 Å². The van der Waals surface area contributed by atoms with Crippen LogP contribution in [0.2, 0.25) is 0 Å².